The monoisotopic (exact) mass is 542 g/mol. The standard InChI is InChI=1S/C36H62OS/c1-5-7-9-11-13-15-17-28-20-22-32-31-21-19-29-27-30(38-34(37)18-16-14-12-10-8-6-2)23-25-36(29,4)33(31)24-26-35(28,32)3/h19,28,30-33H,5-18,20-27H2,1-4H3/t28-,30+,31-,32-,33-,35-,36+/m1/s1. The van der Waals surface area contributed by atoms with Gasteiger partial charge in [-0.15, -0.1) is 0 Å². The number of rotatable bonds is 15. The van der Waals surface area contributed by atoms with Crippen LogP contribution >= 0.6 is 11.8 Å². The molecule has 4 aliphatic carbocycles. The van der Waals surface area contributed by atoms with E-state index in [0.717, 1.165) is 36.5 Å². The van der Waals surface area contributed by atoms with Crippen LogP contribution in [0.25, 0.3) is 0 Å². The van der Waals surface area contributed by atoms with E-state index in [-0.39, 0.29) is 0 Å². The number of thioether (sulfide) groups is 1. The first-order chi connectivity index (χ1) is 18.4. The van der Waals surface area contributed by atoms with Crippen LogP contribution in [0.5, 0.6) is 0 Å². The van der Waals surface area contributed by atoms with Crippen LogP contribution in [-0.2, 0) is 4.79 Å². The van der Waals surface area contributed by atoms with Crippen LogP contribution < -0.4 is 0 Å². The lowest BCUT2D eigenvalue weighted by molar-refractivity contribution is -0.111. The number of fused-ring (bicyclic) bond motifs is 5. The molecular weight excluding hydrogens is 480 g/mol. The van der Waals surface area contributed by atoms with E-state index < -0.39 is 0 Å². The first-order valence-electron chi connectivity index (χ1n) is 17.3. The minimum absolute atomic E-state index is 0.418. The van der Waals surface area contributed by atoms with Crippen LogP contribution in [0.1, 0.15) is 169 Å². The van der Waals surface area contributed by atoms with Crippen molar-refractivity contribution in [2.24, 2.45) is 34.5 Å². The summed E-state index contributed by atoms with van der Waals surface area (Å²) in [5, 5.41) is 1.01. The quantitative estimate of drug-likeness (QED) is 0.151. The number of carbonyl (C=O) groups is 1. The Morgan fingerprint density at radius 2 is 1.50 bits per heavy atom. The molecule has 0 N–H and O–H groups in total. The Balaban J connectivity index is 1.27. The summed E-state index contributed by atoms with van der Waals surface area (Å²) >= 11 is 1.72. The van der Waals surface area contributed by atoms with Crippen LogP contribution in [0.2, 0.25) is 0 Å². The fourth-order valence-electron chi connectivity index (χ4n) is 9.78. The van der Waals surface area contributed by atoms with Crippen LogP contribution in [-0.4, -0.2) is 10.4 Å². The first kappa shape index (κ1) is 30.7. The van der Waals surface area contributed by atoms with Gasteiger partial charge in [0.2, 0.25) is 0 Å². The summed E-state index contributed by atoms with van der Waals surface area (Å²) in [5.74, 6) is 3.78. The van der Waals surface area contributed by atoms with Gasteiger partial charge in [-0.1, -0.05) is 122 Å². The van der Waals surface area contributed by atoms with E-state index in [4.69, 9.17) is 0 Å². The molecule has 0 unspecified atom stereocenters. The van der Waals surface area contributed by atoms with Crippen LogP contribution in [0.3, 0.4) is 0 Å². The Bertz CT molecular complexity index is 771. The van der Waals surface area contributed by atoms with E-state index in [2.05, 4.69) is 33.8 Å². The second-order valence-electron chi connectivity index (χ2n) is 14.5. The van der Waals surface area contributed by atoms with Gasteiger partial charge in [-0.05, 0) is 98.7 Å². The molecular formula is C36H62OS. The molecule has 4 rings (SSSR count). The molecule has 3 fully saturated rings. The van der Waals surface area contributed by atoms with Gasteiger partial charge < -0.3 is 0 Å². The van der Waals surface area contributed by atoms with Crippen LogP contribution in [0.4, 0.5) is 0 Å². The zero-order valence-corrected chi connectivity index (χ0v) is 26.7. The van der Waals surface area contributed by atoms with Crippen molar-refractivity contribution < 1.29 is 4.79 Å². The highest BCUT2D eigenvalue weighted by atomic mass is 32.2. The molecule has 0 heterocycles. The zero-order valence-electron chi connectivity index (χ0n) is 25.8. The lowest BCUT2D eigenvalue weighted by atomic mass is 9.47. The Hall–Kier alpha value is -0.240. The van der Waals surface area contributed by atoms with Gasteiger partial charge in [0.1, 0.15) is 0 Å². The van der Waals surface area contributed by atoms with E-state index in [1.165, 1.54) is 128 Å². The molecule has 0 aromatic carbocycles. The number of allylic oxidation sites excluding steroid dienone is 2. The van der Waals surface area contributed by atoms with Gasteiger partial charge in [0.15, 0.2) is 5.12 Å². The molecule has 0 spiro atoms. The smallest absolute Gasteiger partial charge is 0.189 e. The Labute approximate surface area is 241 Å². The lowest BCUT2D eigenvalue weighted by Gasteiger charge is -2.58. The third-order valence-corrected chi connectivity index (χ3v) is 13.4. The second-order valence-corrected chi connectivity index (χ2v) is 15.9. The molecule has 38 heavy (non-hydrogen) atoms. The van der Waals surface area contributed by atoms with Gasteiger partial charge in [0, 0.05) is 11.7 Å². The zero-order chi connectivity index (χ0) is 27.0. The maximum Gasteiger partial charge on any atom is 0.189 e. The predicted molar refractivity (Wildman–Crippen MR) is 168 cm³/mol. The minimum atomic E-state index is 0.418. The minimum Gasteiger partial charge on any atom is -0.287 e. The van der Waals surface area contributed by atoms with Crippen molar-refractivity contribution in [3.63, 3.8) is 0 Å². The third kappa shape index (κ3) is 7.15. The van der Waals surface area contributed by atoms with Crippen molar-refractivity contribution in [2.45, 2.75) is 174 Å². The molecule has 0 radical (unpaired) electrons. The number of carbonyl (C=O) groups excluding carboxylic acids is 1. The van der Waals surface area contributed by atoms with E-state index in [0.29, 0.717) is 21.2 Å². The van der Waals surface area contributed by atoms with Crippen molar-refractivity contribution in [1.82, 2.24) is 0 Å². The molecule has 0 bridgehead atoms. The predicted octanol–water partition coefficient (Wildman–Crippen LogP) is 11.7. The van der Waals surface area contributed by atoms with Gasteiger partial charge >= 0.3 is 0 Å². The second kappa shape index (κ2) is 14.6. The van der Waals surface area contributed by atoms with Gasteiger partial charge in [0.05, 0.1) is 0 Å². The summed E-state index contributed by atoms with van der Waals surface area (Å²) in [6, 6.07) is 0. The molecule has 0 aromatic rings. The molecule has 1 nitrogen and oxygen atoms in total. The van der Waals surface area contributed by atoms with Crippen molar-refractivity contribution >= 4 is 16.9 Å². The maximum atomic E-state index is 12.7. The number of hydrogen-bond donors (Lipinski definition) is 0. The lowest BCUT2D eigenvalue weighted by Crippen LogP contribution is -2.50. The molecule has 7 atom stereocenters. The first-order valence-corrected chi connectivity index (χ1v) is 18.2. The van der Waals surface area contributed by atoms with Crippen LogP contribution in [0, 0.1) is 34.5 Å². The molecule has 0 saturated heterocycles. The maximum absolute atomic E-state index is 12.7. The highest BCUT2D eigenvalue weighted by molar-refractivity contribution is 8.14. The van der Waals surface area contributed by atoms with E-state index in [1.54, 1.807) is 17.3 Å². The largest absolute Gasteiger partial charge is 0.287 e. The van der Waals surface area contributed by atoms with E-state index >= 15 is 0 Å². The molecule has 0 aliphatic heterocycles. The Morgan fingerprint density at radius 1 is 0.816 bits per heavy atom. The highest BCUT2D eigenvalue weighted by Crippen LogP contribution is 2.67. The van der Waals surface area contributed by atoms with Crippen molar-refractivity contribution in [3.8, 4) is 0 Å². The van der Waals surface area contributed by atoms with Crippen molar-refractivity contribution in [3.05, 3.63) is 11.6 Å². The summed E-state index contributed by atoms with van der Waals surface area (Å²) in [6.45, 7) is 9.95. The highest BCUT2D eigenvalue weighted by Gasteiger charge is 2.58. The van der Waals surface area contributed by atoms with Crippen molar-refractivity contribution in [1.29, 1.82) is 0 Å². The van der Waals surface area contributed by atoms with Crippen molar-refractivity contribution in [2.75, 3.05) is 0 Å². The normalized spacial score (nSPS) is 36.3. The SMILES string of the molecule is CCCCCCCCC(=O)S[C@H]1CC[C@@]2(C)C(=CC[C@@H]3[C@H]4CC[C@@H](CCCCCCCC)[C@@]4(C)CC[C@H]32)C1. The fraction of sp³-hybridized carbons (Fsp3) is 0.917. The molecule has 0 amide bonds. The summed E-state index contributed by atoms with van der Waals surface area (Å²) in [4.78, 5) is 12.7. The molecule has 0 aromatic heterocycles. The average Bonchev–Trinajstić information content (AvgIpc) is 3.24. The Morgan fingerprint density at radius 3 is 2.24 bits per heavy atom. The topological polar surface area (TPSA) is 17.1 Å². The third-order valence-electron chi connectivity index (χ3n) is 12.2. The summed E-state index contributed by atoms with van der Waals surface area (Å²) in [7, 11) is 0. The summed E-state index contributed by atoms with van der Waals surface area (Å²) in [6.07, 6.45) is 32.3. The van der Waals surface area contributed by atoms with E-state index in [9.17, 15) is 4.79 Å². The Kier molecular flexibility index (Phi) is 11.8. The summed E-state index contributed by atoms with van der Waals surface area (Å²) < 4.78 is 0. The van der Waals surface area contributed by atoms with Gasteiger partial charge in [0.25, 0.3) is 0 Å². The molecule has 3 saturated carbocycles. The number of hydrogen-bond acceptors (Lipinski definition) is 2. The molecule has 218 valence electrons. The fourth-order valence-corrected chi connectivity index (χ4v) is 10.9. The van der Waals surface area contributed by atoms with E-state index in [1.807, 2.05) is 0 Å². The summed E-state index contributed by atoms with van der Waals surface area (Å²) in [5.41, 5.74) is 2.78. The van der Waals surface area contributed by atoms with Gasteiger partial charge in [-0.3, -0.25) is 4.79 Å². The average molecular weight is 543 g/mol. The molecule has 2 heteroatoms. The van der Waals surface area contributed by atoms with Gasteiger partial charge in [-0.2, -0.15) is 0 Å². The van der Waals surface area contributed by atoms with Crippen LogP contribution in [0.15, 0.2) is 11.6 Å². The molecule has 4 aliphatic rings. The van der Waals surface area contributed by atoms with Gasteiger partial charge in [-0.25, -0.2) is 0 Å². The number of unbranched alkanes of at least 4 members (excludes halogenated alkanes) is 10.